The van der Waals surface area contributed by atoms with Crippen molar-refractivity contribution in [3.8, 4) is 11.5 Å². The molecule has 1 fully saturated rings. The van der Waals surface area contributed by atoms with Crippen LogP contribution < -0.4 is 19.7 Å². The molecule has 0 aromatic heterocycles. The molecule has 0 bridgehead atoms. The second-order valence-corrected chi connectivity index (χ2v) is 8.07. The number of para-hydroxylation sites is 1. The van der Waals surface area contributed by atoms with Crippen LogP contribution in [0.2, 0.25) is 5.02 Å². The Bertz CT molecular complexity index is 854. The molecule has 7 heteroatoms. The Morgan fingerprint density at radius 2 is 1.71 bits per heavy atom. The molecular formula is C24H32ClN3O3. The predicted octanol–water partition coefficient (Wildman–Crippen LogP) is 4.08. The van der Waals surface area contributed by atoms with Gasteiger partial charge in [0.15, 0.2) is 11.5 Å². The van der Waals surface area contributed by atoms with E-state index < -0.39 is 0 Å². The number of carbonyl (C=O) groups is 1. The number of nitrogens with zero attached hydrogens (tertiary/aromatic N) is 2. The molecule has 0 radical (unpaired) electrons. The third-order valence-corrected chi connectivity index (χ3v) is 5.97. The van der Waals surface area contributed by atoms with E-state index >= 15 is 0 Å². The number of anilines is 1. The number of ether oxygens (including phenoxy) is 2. The number of hydrogen-bond acceptors (Lipinski definition) is 5. The van der Waals surface area contributed by atoms with Crippen LogP contribution in [-0.2, 0) is 0 Å². The number of hydrogen-bond donors (Lipinski definition) is 1. The maximum absolute atomic E-state index is 12.3. The number of piperazine rings is 1. The topological polar surface area (TPSA) is 54.0 Å². The highest BCUT2D eigenvalue weighted by atomic mass is 35.5. The van der Waals surface area contributed by atoms with Crippen LogP contribution >= 0.6 is 11.6 Å². The van der Waals surface area contributed by atoms with Crippen molar-refractivity contribution in [2.45, 2.75) is 19.3 Å². The molecule has 1 amide bonds. The van der Waals surface area contributed by atoms with Gasteiger partial charge >= 0.3 is 0 Å². The van der Waals surface area contributed by atoms with E-state index in [1.54, 1.807) is 32.4 Å². The largest absolute Gasteiger partial charge is 0.493 e. The summed E-state index contributed by atoms with van der Waals surface area (Å²) < 4.78 is 10.5. The number of halogens is 1. The van der Waals surface area contributed by atoms with Crippen molar-refractivity contribution >= 4 is 23.2 Å². The van der Waals surface area contributed by atoms with Crippen LogP contribution in [0.15, 0.2) is 42.5 Å². The van der Waals surface area contributed by atoms with E-state index in [9.17, 15) is 4.79 Å². The molecule has 1 saturated heterocycles. The second kappa shape index (κ2) is 11.8. The third kappa shape index (κ3) is 6.52. The Morgan fingerprint density at radius 3 is 2.42 bits per heavy atom. The van der Waals surface area contributed by atoms with Gasteiger partial charge in [0.1, 0.15) is 0 Å². The molecule has 31 heavy (non-hydrogen) atoms. The van der Waals surface area contributed by atoms with Gasteiger partial charge in [-0.1, -0.05) is 30.2 Å². The number of benzene rings is 2. The average Bonchev–Trinajstić information content (AvgIpc) is 2.81. The number of rotatable bonds is 10. The summed E-state index contributed by atoms with van der Waals surface area (Å²) in [6, 6.07) is 13.3. The molecule has 1 aliphatic heterocycles. The molecule has 0 unspecified atom stereocenters. The normalized spacial score (nSPS) is 14.4. The van der Waals surface area contributed by atoms with Crippen LogP contribution in [0.4, 0.5) is 5.69 Å². The van der Waals surface area contributed by atoms with Gasteiger partial charge < -0.3 is 19.7 Å². The fourth-order valence-corrected chi connectivity index (χ4v) is 4.09. The minimum Gasteiger partial charge on any atom is -0.493 e. The van der Waals surface area contributed by atoms with Crippen LogP contribution in [0, 0.1) is 0 Å². The van der Waals surface area contributed by atoms with Gasteiger partial charge in [-0.05, 0) is 49.7 Å². The van der Waals surface area contributed by atoms with Crippen molar-refractivity contribution in [2.24, 2.45) is 0 Å². The Morgan fingerprint density at radius 1 is 0.968 bits per heavy atom. The maximum Gasteiger partial charge on any atom is 0.251 e. The van der Waals surface area contributed by atoms with Crippen LogP contribution in [-0.4, -0.2) is 64.3 Å². The monoisotopic (exact) mass is 445 g/mol. The summed E-state index contributed by atoms with van der Waals surface area (Å²) in [5, 5.41) is 3.81. The molecule has 1 heterocycles. The molecule has 0 spiro atoms. The summed E-state index contributed by atoms with van der Waals surface area (Å²) in [6.45, 7) is 5.90. The first-order valence-corrected chi connectivity index (χ1v) is 11.2. The van der Waals surface area contributed by atoms with E-state index in [0.717, 1.165) is 62.7 Å². The Hall–Kier alpha value is -2.44. The number of amides is 1. The molecule has 0 aliphatic carbocycles. The molecule has 3 rings (SSSR count). The molecule has 2 aromatic rings. The Labute approximate surface area is 190 Å². The zero-order chi connectivity index (χ0) is 22.1. The zero-order valence-corrected chi connectivity index (χ0v) is 19.2. The number of methoxy groups -OCH3 is 2. The van der Waals surface area contributed by atoms with E-state index in [0.29, 0.717) is 23.6 Å². The second-order valence-electron chi connectivity index (χ2n) is 7.67. The van der Waals surface area contributed by atoms with Crippen LogP contribution in [0.5, 0.6) is 11.5 Å². The van der Waals surface area contributed by atoms with Gasteiger partial charge in [0.2, 0.25) is 0 Å². The highest BCUT2D eigenvalue weighted by Gasteiger charge is 2.18. The van der Waals surface area contributed by atoms with E-state index in [-0.39, 0.29) is 5.91 Å². The van der Waals surface area contributed by atoms with Crippen molar-refractivity contribution in [3.05, 3.63) is 53.1 Å². The lowest BCUT2D eigenvalue weighted by Gasteiger charge is -2.36. The lowest BCUT2D eigenvalue weighted by atomic mass is 10.1. The summed E-state index contributed by atoms with van der Waals surface area (Å²) in [5.74, 6) is 1.09. The van der Waals surface area contributed by atoms with E-state index in [1.165, 1.54) is 0 Å². The predicted molar refractivity (Wildman–Crippen MR) is 126 cm³/mol. The van der Waals surface area contributed by atoms with Gasteiger partial charge in [0.05, 0.1) is 24.9 Å². The molecule has 2 aromatic carbocycles. The zero-order valence-electron chi connectivity index (χ0n) is 18.4. The first-order chi connectivity index (χ1) is 15.1. The summed E-state index contributed by atoms with van der Waals surface area (Å²) in [4.78, 5) is 17.2. The quantitative estimate of drug-likeness (QED) is 0.558. The van der Waals surface area contributed by atoms with Crippen LogP contribution in [0.3, 0.4) is 0 Å². The van der Waals surface area contributed by atoms with E-state index in [4.69, 9.17) is 21.1 Å². The summed E-state index contributed by atoms with van der Waals surface area (Å²) >= 11 is 6.32. The van der Waals surface area contributed by atoms with Crippen LogP contribution in [0.25, 0.3) is 0 Å². The van der Waals surface area contributed by atoms with E-state index in [1.807, 2.05) is 18.2 Å². The highest BCUT2D eigenvalue weighted by molar-refractivity contribution is 6.33. The van der Waals surface area contributed by atoms with Gasteiger partial charge in [-0.25, -0.2) is 0 Å². The minimum absolute atomic E-state index is 0.0864. The van der Waals surface area contributed by atoms with Gasteiger partial charge in [0.25, 0.3) is 5.91 Å². The van der Waals surface area contributed by atoms with Gasteiger partial charge in [-0.2, -0.15) is 0 Å². The van der Waals surface area contributed by atoms with Crippen LogP contribution in [0.1, 0.15) is 29.6 Å². The summed E-state index contributed by atoms with van der Waals surface area (Å²) in [5.41, 5.74) is 1.71. The highest BCUT2D eigenvalue weighted by Crippen LogP contribution is 2.28. The maximum atomic E-state index is 12.3. The lowest BCUT2D eigenvalue weighted by molar-refractivity contribution is 0.0952. The number of unbranched alkanes of at least 4 members (excludes halogenated alkanes) is 2. The molecule has 1 N–H and O–H groups in total. The van der Waals surface area contributed by atoms with Crippen molar-refractivity contribution in [1.29, 1.82) is 0 Å². The van der Waals surface area contributed by atoms with Crippen molar-refractivity contribution in [3.63, 3.8) is 0 Å². The van der Waals surface area contributed by atoms with Crippen molar-refractivity contribution < 1.29 is 14.3 Å². The van der Waals surface area contributed by atoms with Crippen molar-refractivity contribution in [2.75, 3.05) is 58.4 Å². The summed E-state index contributed by atoms with van der Waals surface area (Å²) in [6.07, 6.45) is 3.20. The number of carbonyl (C=O) groups excluding carboxylic acids is 1. The SMILES string of the molecule is COc1ccc(C(=O)NCCCCCN2CCN(c3ccccc3Cl)CC2)cc1OC. The van der Waals surface area contributed by atoms with Gasteiger partial charge in [0, 0.05) is 38.3 Å². The summed E-state index contributed by atoms with van der Waals surface area (Å²) in [7, 11) is 3.15. The fourth-order valence-electron chi connectivity index (χ4n) is 3.84. The lowest BCUT2D eigenvalue weighted by Crippen LogP contribution is -2.46. The first kappa shape index (κ1) is 23.2. The molecular weight excluding hydrogens is 414 g/mol. The fraction of sp³-hybridized carbons (Fsp3) is 0.458. The van der Waals surface area contributed by atoms with Crippen molar-refractivity contribution in [1.82, 2.24) is 10.2 Å². The Kier molecular flexibility index (Phi) is 8.85. The molecule has 0 atom stereocenters. The molecule has 1 aliphatic rings. The standard InChI is InChI=1S/C24H32ClN3O3/c1-30-22-11-10-19(18-23(22)31-2)24(29)26-12-6-3-7-13-27-14-16-28(17-15-27)21-9-5-4-8-20(21)25/h4-5,8-11,18H,3,6-7,12-17H2,1-2H3,(H,26,29). The first-order valence-electron chi connectivity index (χ1n) is 10.8. The third-order valence-electron chi connectivity index (χ3n) is 5.65. The van der Waals surface area contributed by atoms with E-state index in [2.05, 4.69) is 21.2 Å². The molecule has 168 valence electrons. The average molecular weight is 446 g/mol. The minimum atomic E-state index is -0.0864. The number of nitrogens with one attached hydrogen (secondary N) is 1. The molecule has 0 saturated carbocycles. The Balaban J connectivity index is 1.30. The molecule has 6 nitrogen and oxygen atoms in total. The van der Waals surface area contributed by atoms with Gasteiger partial charge in [-0.15, -0.1) is 0 Å². The van der Waals surface area contributed by atoms with Gasteiger partial charge in [-0.3, -0.25) is 9.69 Å². The smallest absolute Gasteiger partial charge is 0.251 e.